The lowest BCUT2D eigenvalue weighted by atomic mass is 9.80. The van der Waals surface area contributed by atoms with Gasteiger partial charge in [-0.15, -0.1) is 0 Å². The van der Waals surface area contributed by atoms with Crippen molar-refractivity contribution in [2.24, 2.45) is 17.6 Å². The molecule has 5 N–H and O–H groups in total. The van der Waals surface area contributed by atoms with Crippen LogP contribution in [0.25, 0.3) is 0 Å². The van der Waals surface area contributed by atoms with E-state index >= 15 is 0 Å². The van der Waals surface area contributed by atoms with Gasteiger partial charge in [-0.25, -0.2) is 0 Å². The minimum absolute atomic E-state index is 0.0656. The summed E-state index contributed by atoms with van der Waals surface area (Å²) in [5.41, 5.74) is 5.23. The second-order valence-electron chi connectivity index (χ2n) is 9.22. The van der Waals surface area contributed by atoms with Gasteiger partial charge in [-0.2, -0.15) is 0 Å². The Morgan fingerprint density at radius 1 is 1.20 bits per heavy atom. The third-order valence-corrected chi connectivity index (χ3v) is 7.64. The van der Waals surface area contributed by atoms with E-state index in [4.69, 9.17) is 5.73 Å². The molecule has 7 nitrogen and oxygen atoms in total. The fourth-order valence-corrected chi connectivity index (χ4v) is 6.10. The van der Waals surface area contributed by atoms with E-state index < -0.39 is 5.54 Å². The summed E-state index contributed by atoms with van der Waals surface area (Å²) in [5.74, 6) is -0.664. The Morgan fingerprint density at radius 3 is 2.83 bits per heavy atom. The summed E-state index contributed by atoms with van der Waals surface area (Å²) in [7, 11) is 0. The van der Waals surface area contributed by atoms with Crippen LogP contribution in [-0.2, 0) is 4.79 Å². The summed E-state index contributed by atoms with van der Waals surface area (Å²) in [6, 6.07) is 5.00. The normalized spacial score (nSPS) is 31.5. The van der Waals surface area contributed by atoms with Gasteiger partial charge in [0, 0.05) is 12.0 Å². The van der Waals surface area contributed by atoms with Crippen LogP contribution in [-0.4, -0.2) is 58.0 Å². The SMILES string of the molecule is NC(=O)C1CCNCC1CCCN1C2CCCC1(C(=O)c1cccc(O)c1O)CC2. The number of primary amides is 1. The smallest absolute Gasteiger partial charge is 0.220 e. The molecule has 0 aliphatic carbocycles. The Morgan fingerprint density at radius 2 is 2.03 bits per heavy atom. The number of piperidine rings is 2. The maximum absolute atomic E-state index is 13.6. The maximum Gasteiger partial charge on any atom is 0.220 e. The predicted octanol–water partition coefficient (Wildman–Crippen LogP) is 2.16. The van der Waals surface area contributed by atoms with E-state index in [1.807, 2.05) is 0 Å². The van der Waals surface area contributed by atoms with Crippen molar-refractivity contribution in [1.82, 2.24) is 10.2 Å². The molecular formula is C23H33N3O4. The van der Waals surface area contributed by atoms with Gasteiger partial charge in [0.2, 0.25) is 5.91 Å². The Balaban J connectivity index is 1.48. The number of carbonyl (C=O) groups is 2. The number of Topliss-reactive ketones (excluding diaryl/α,β-unsaturated/α-hetero) is 1. The molecule has 0 spiro atoms. The van der Waals surface area contributed by atoms with Crippen LogP contribution in [0, 0.1) is 11.8 Å². The molecule has 3 fully saturated rings. The van der Waals surface area contributed by atoms with E-state index in [0.717, 1.165) is 71.0 Å². The van der Waals surface area contributed by atoms with Gasteiger partial charge < -0.3 is 21.3 Å². The molecule has 4 atom stereocenters. The lowest BCUT2D eigenvalue weighted by molar-refractivity contribution is -0.124. The van der Waals surface area contributed by atoms with Crippen LogP contribution < -0.4 is 11.1 Å². The Hall–Kier alpha value is -2.12. The highest BCUT2D eigenvalue weighted by Gasteiger charge is 2.53. The van der Waals surface area contributed by atoms with Crippen LogP contribution >= 0.6 is 0 Å². The molecule has 4 unspecified atom stereocenters. The number of nitrogens with one attached hydrogen (secondary N) is 1. The van der Waals surface area contributed by atoms with Crippen molar-refractivity contribution < 1.29 is 19.8 Å². The van der Waals surface area contributed by atoms with Gasteiger partial charge in [0.15, 0.2) is 17.3 Å². The molecule has 2 bridgehead atoms. The van der Waals surface area contributed by atoms with E-state index in [1.54, 1.807) is 12.1 Å². The third-order valence-electron chi connectivity index (χ3n) is 7.64. The van der Waals surface area contributed by atoms with Gasteiger partial charge in [0.05, 0.1) is 11.1 Å². The van der Waals surface area contributed by atoms with Gasteiger partial charge in [-0.05, 0) is 89.1 Å². The van der Waals surface area contributed by atoms with Crippen molar-refractivity contribution in [3.63, 3.8) is 0 Å². The molecule has 7 heteroatoms. The fourth-order valence-electron chi connectivity index (χ4n) is 6.10. The summed E-state index contributed by atoms with van der Waals surface area (Å²) < 4.78 is 0. The Bertz CT molecular complexity index is 810. The first kappa shape index (κ1) is 21.1. The number of para-hydroxylation sites is 1. The fraction of sp³-hybridized carbons (Fsp3) is 0.652. The van der Waals surface area contributed by atoms with Crippen molar-refractivity contribution in [3.8, 4) is 11.5 Å². The minimum atomic E-state index is -0.595. The number of hydrogen-bond donors (Lipinski definition) is 4. The number of aromatic hydroxyl groups is 2. The quantitative estimate of drug-likeness (QED) is 0.401. The van der Waals surface area contributed by atoms with E-state index in [-0.39, 0.29) is 40.6 Å². The van der Waals surface area contributed by atoms with Crippen LogP contribution in [0.2, 0.25) is 0 Å². The third kappa shape index (κ3) is 3.69. The van der Waals surface area contributed by atoms with E-state index in [0.29, 0.717) is 6.04 Å². The lowest BCUT2D eigenvalue weighted by Crippen LogP contribution is -2.55. The monoisotopic (exact) mass is 415 g/mol. The Labute approximate surface area is 177 Å². The molecule has 0 radical (unpaired) electrons. The van der Waals surface area contributed by atoms with Crippen molar-refractivity contribution in [2.75, 3.05) is 19.6 Å². The molecular weight excluding hydrogens is 382 g/mol. The maximum atomic E-state index is 13.6. The number of nitrogens with two attached hydrogens (primary N) is 1. The van der Waals surface area contributed by atoms with Gasteiger partial charge in [-0.1, -0.05) is 6.07 Å². The van der Waals surface area contributed by atoms with Crippen LogP contribution in [0.1, 0.15) is 61.7 Å². The molecule has 1 aromatic rings. The number of phenolic OH excluding ortho intramolecular Hbond substituents is 2. The molecule has 164 valence electrons. The summed E-state index contributed by atoms with van der Waals surface area (Å²) in [5, 5.41) is 23.5. The summed E-state index contributed by atoms with van der Waals surface area (Å²) in [4.78, 5) is 27.7. The highest BCUT2D eigenvalue weighted by atomic mass is 16.3. The number of carbonyl (C=O) groups excluding carboxylic acids is 2. The number of rotatable bonds is 7. The first-order valence-electron chi connectivity index (χ1n) is 11.3. The summed E-state index contributed by atoms with van der Waals surface area (Å²) in [6.07, 6.45) is 7.27. The molecule has 0 aromatic heterocycles. The number of fused-ring (bicyclic) bond motifs is 2. The molecule has 3 saturated heterocycles. The second kappa shape index (κ2) is 8.55. The zero-order chi connectivity index (χ0) is 21.3. The van der Waals surface area contributed by atoms with Gasteiger partial charge in [-0.3, -0.25) is 14.5 Å². The van der Waals surface area contributed by atoms with Gasteiger partial charge in [0.1, 0.15) is 0 Å². The molecule has 3 aliphatic rings. The zero-order valence-electron chi connectivity index (χ0n) is 17.5. The highest BCUT2D eigenvalue weighted by Crippen LogP contribution is 2.47. The van der Waals surface area contributed by atoms with Crippen LogP contribution in [0.4, 0.5) is 0 Å². The largest absolute Gasteiger partial charge is 0.504 e. The van der Waals surface area contributed by atoms with E-state index in [2.05, 4.69) is 10.2 Å². The standard InChI is InChI=1S/C23H33N3O4/c24-22(30)17-9-12-25-14-15(17)4-3-13-26-16-5-2-10-23(26,11-8-16)21(29)18-6-1-7-19(27)20(18)28/h1,6-7,15-17,25,27-28H,2-5,8-14H2,(H2,24,30). The number of phenols is 2. The average molecular weight is 416 g/mol. The predicted molar refractivity (Wildman–Crippen MR) is 113 cm³/mol. The molecule has 4 rings (SSSR count). The highest BCUT2D eigenvalue weighted by molar-refractivity contribution is 6.06. The summed E-state index contributed by atoms with van der Waals surface area (Å²) in [6.45, 7) is 2.46. The van der Waals surface area contributed by atoms with E-state index in [1.165, 1.54) is 6.07 Å². The molecule has 3 aliphatic heterocycles. The van der Waals surface area contributed by atoms with Crippen molar-refractivity contribution in [2.45, 2.75) is 62.9 Å². The zero-order valence-corrected chi connectivity index (χ0v) is 17.5. The minimum Gasteiger partial charge on any atom is -0.504 e. The Kier molecular flexibility index (Phi) is 6.02. The van der Waals surface area contributed by atoms with Crippen molar-refractivity contribution >= 4 is 11.7 Å². The van der Waals surface area contributed by atoms with Crippen LogP contribution in [0.15, 0.2) is 18.2 Å². The molecule has 1 amide bonds. The number of amides is 1. The van der Waals surface area contributed by atoms with Crippen molar-refractivity contribution in [1.29, 1.82) is 0 Å². The van der Waals surface area contributed by atoms with Crippen LogP contribution in [0.5, 0.6) is 11.5 Å². The number of nitrogens with zero attached hydrogens (tertiary/aromatic N) is 1. The van der Waals surface area contributed by atoms with Gasteiger partial charge in [0.25, 0.3) is 0 Å². The van der Waals surface area contributed by atoms with Gasteiger partial charge >= 0.3 is 0 Å². The summed E-state index contributed by atoms with van der Waals surface area (Å²) >= 11 is 0. The molecule has 0 saturated carbocycles. The number of hydrogen-bond acceptors (Lipinski definition) is 6. The molecule has 30 heavy (non-hydrogen) atoms. The first-order valence-corrected chi connectivity index (χ1v) is 11.3. The lowest BCUT2D eigenvalue weighted by Gasteiger charge is -2.44. The van der Waals surface area contributed by atoms with Crippen molar-refractivity contribution in [3.05, 3.63) is 23.8 Å². The number of ketones is 1. The number of benzene rings is 1. The molecule has 1 aromatic carbocycles. The van der Waals surface area contributed by atoms with E-state index in [9.17, 15) is 19.8 Å². The van der Waals surface area contributed by atoms with Crippen LogP contribution in [0.3, 0.4) is 0 Å². The second-order valence-corrected chi connectivity index (χ2v) is 9.22. The topological polar surface area (TPSA) is 116 Å². The molecule has 3 heterocycles. The first-order chi connectivity index (χ1) is 14.4. The average Bonchev–Trinajstić information content (AvgIpc) is 2.94.